The molecule has 1 aliphatic rings. The van der Waals surface area contributed by atoms with Crippen LogP contribution in [0.3, 0.4) is 0 Å². The van der Waals surface area contributed by atoms with Crippen LogP contribution in [0.1, 0.15) is 16.7 Å². The van der Waals surface area contributed by atoms with Crippen molar-refractivity contribution in [1.82, 2.24) is 5.32 Å². The number of hydrogen-bond acceptors (Lipinski definition) is 6. The van der Waals surface area contributed by atoms with Crippen LogP contribution in [-0.2, 0) is 4.79 Å². The lowest BCUT2D eigenvalue weighted by molar-refractivity contribution is -0.384. The number of aliphatic imine (C=N–C) groups is 1. The number of aromatic hydroxyl groups is 1. The van der Waals surface area contributed by atoms with Crippen LogP contribution in [0.15, 0.2) is 46.3 Å². The van der Waals surface area contributed by atoms with Gasteiger partial charge in [-0.05, 0) is 49.4 Å². The molecule has 0 radical (unpaired) electrons. The van der Waals surface area contributed by atoms with Crippen molar-refractivity contribution in [2.75, 3.05) is 0 Å². The molecular weight excluding hydrogens is 354 g/mol. The van der Waals surface area contributed by atoms with Crippen molar-refractivity contribution in [3.8, 4) is 5.75 Å². The van der Waals surface area contributed by atoms with E-state index in [-0.39, 0.29) is 22.9 Å². The summed E-state index contributed by atoms with van der Waals surface area (Å²) in [7, 11) is 0. The van der Waals surface area contributed by atoms with E-state index in [0.29, 0.717) is 10.1 Å². The summed E-state index contributed by atoms with van der Waals surface area (Å²) in [5, 5.41) is 23.8. The number of carbonyl (C=O) groups is 1. The number of nitrogens with zero attached hydrogens (tertiary/aromatic N) is 2. The first-order valence-electron chi connectivity index (χ1n) is 7.68. The number of non-ortho nitro benzene ring substituents is 1. The van der Waals surface area contributed by atoms with Gasteiger partial charge in [0.05, 0.1) is 15.5 Å². The molecule has 0 aromatic heterocycles. The maximum Gasteiger partial charge on any atom is 0.270 e. The summed E-state index contributed by atoms with van der Waals surface area (Å²) in [4.78, 5) is 27.2. The number of amidine groups is 1. The second-order valence-electron chi connectivity index (χ2n) is 5.77. The minimum atomic E-state index is -0.559. The first-order valence-corrected chi connectivity index (χ1v) is 8.49. The molecule has 7 nitrogen and oxygen atoms in total. The number of benzene rings is 2. The van der Waals surface area contributed by atoms with Crippen molar-refractivity contribution >= 4 is 40.3 Å². The van der Waals surface area contributed by atoms with Gasteiger partial charge in [0.25, 0.3) is 11.6 Å². The van der Waals surface area contributed by atoms with Crippen LogP contribution in [-0.4, -0.2) is 21.1 Å². The van der Waals surface area contributed by atoms with Crippen LogP contribution in [0, 0.1) is 24.0 Å². The second-order valence-corrected chi connectivity index (χ2v) is 6.80. The molecule has 0 bridgehead atoms. The van der Waals surface area contributed by atoms with Crippen molar-refractivity contribution in [3.63, 3.8) is 0 Å². The Morgan fingerprint density at radius 3 is 2.69 bits per heavy atom. The maximum atomic E-state index is 12.2. The number of nitro benzene ring substituents is 1. The number of carbonyl (C=O) groups excluding carboxylic acids is 1. The maximum absolute atomic E-state index is 12.2. The van der Waals surface area contributed by atoms with Gasteiger partial charge < -0.3 is 10.4 Å². The Labute approximate surface area is 153 Å². The van der Waals surface area contributed by atoms with Gasteiger partial charge in [-0.2, -0.15) is 0 Å². The van der Waals surface area contributed by atoms with E-state index in [1.54, 1.807) is 0 Å². The molecule has 1 fully saturated rings. The quantitative estimate of drug-likeness (QED) is 0.486. The highest BCUT2D eigenvalue weighted by Gasteiger charge is 2.24. The Morgan fingerprint density at radius 2 is 2.00 bits per heavy atom. The van der Waals surface area contributed by atoms with E-state index in [2.05, 4.69) is 10.3 Å². The lowest BCUT2D eigenvalue weighted by Crippen LogP contribution is -2.19. The average molecular weight is 369 g/mol. The summed E-state index contributed by atoms with van der Waals surface area (Å²) < 4.78 is 0. The fourth-order valence-corrected chi connectivity index (χ4v) is 3.26. The zero-order valence-electron chi connectivity index (χ0n) is 14.0. The van der Waals surface area contributed by atoms with Crippen molar-refractivity contribution < 1.29 is 14.8 Å². The Bertz CT molecular complexity index is 982. The Morgan fingerprint density at radius 1 is 1.23 bits per heavy atom. The Balaban J connectivity index is 1.90. The van der Waals surface area contributed by atoms with Gasteiger partial charge in [0.15, 0.2) is 5.17 Å². The Kier molecular flexibility index (Phi) is 4.77. The van der Waals surface area contributed by atoms with Crippen molar-refractivity contribution in [2.45, 2.75) is 13.8 Å². The summed E-state index contributed by atoms with van der Waals surface area (Å²) >= 11 is 1.11. The van der Waals surface area contributed by atoms with E-state index >= 15 is 0 Å². The zero-order chi connectivity index (χ0) is 18.8. The van der Waals surface area contributed by atoms with E-state index in [4.69, 9.17) is 0 Å². The molecule has 1 heterocycles. The highest BCUT2D eigenvalue weighted by molar-refractivity contribution is 8.18. The van der Waals surface area contributed by atoms with Crippen molar-refractivity contribution in [2.24, 2.45) is 4.99 Å². The molecule has 2 aromatic rings. The topological polar surface area (TPSA) is 105 Å². The average Bonchev–Trinajstić information content (AvgIpc) is 2.91. The van der Waals surface area contributed by atoms with Gasteiger partial charge in [0, 0.05) is 17.7 Å². The molecule has 2 N–H and O–H groups in total. The molecule has 8 heteroatoms. The number of hydrogen-bond donors (Lipinski definition) is 2. The smallest absolute Gasteiger partial charge is 0.270 e. The molecule has 0 atom stereocenters. The number of phenols is 1. The number of nitrogens with one attached hydrogen (secondary N) is 1. The zero-order valence-corrected chi connectivity index (χ0v) is 14.8. The van der Waals surface area contributed by atoms with Crippen molar-refractivity contribution in [3.05, 3.63) is 68.1 Å². The van der Waals surface area contributed by atoms with Crippen LogP contribution in [0.5, 0.6) is 5.75 Å². The monoisotopic (exact) mass is 369 g/mol. The van der Waals surface area contributed by atoms with Gasteiger partial charge in [-0.3, -0.25) is 14.9 Å². The van der Waals surface area contributed by atoms with Crippen LogP contribution in [0.2, 0.25) is 0 Å². The predicted octanol–water partition coefficient (Wildman–Crippen LogP) is 3.81. The van der Waals surface area contributed by atoms with E-state index in [0.717, 1.165) is 28.6 Å². The molecule has 0 unspecified atom stereocenters. The van der Waals surface area contributed by atoms with Gasteiger partial charge in [0.1, 0.15) is 5.75 Å². The molecule has 1 aliphatic heterocycles. The highest BCUT2D eigenvalue weighted by atomic mass is 32.2. The minimum Gasteiger partial charge on any atom is -0.507 e. The number of amides is 1. The van der Waals surface area contributed by atoms with E-state index in [9.17, 15) is 20.0 Å². The van der Waals surface area contributed by atoms with Crippen LogP contribution in [0.25, 0.3) is 6.08 Å². The molecule has 1 saturated heterocycles. The largest absolute Gasteiger partial charge is 0.507 e. The molecule has 2 aromatic carbocycles. The lowest BCUT2D eigenvalue weighted by Gasteiger charge is -2.02. The van der Waals surface area contributed by atoms with Crippen LogP contribution in [0.4, 0.5) is 11.4 Å². The number of rotatable bonds is 3. The van der Waals surface area contributed by atoms with Gasteiger partial charge >= 0.3 is 0 Å². The number of phenolic OH excluding ortho intramolecular Hbond substituents is 1. The fourth-order valence-electron chi connectivity index (χ4n) is 2.43. The first kappa shape index (κ1) is 17.7. The summed E-state index contributed by atoms with van der Waals surface area (Å²) in [6.07, 6.45) is 1.41. The van der Waals surface area contributed by atoms with E-state index in [1.807, 2.05) is 32.0 Å². The normalized spacial score (nSPS) is 16.9. The number of aryl methyl sites for hydroxylation is 2. The molecule has 26 heavy (non-hydrogen) atoms. The fraction of sp³-hybridized carbons (Fsp3) is 0.111. The first-order chi connectivity index (χ1) is 12.3. The molecule has 1 amide bonds. The standard InChI is InChI=1S/C18H15N3O4S/c1-10-3-5-14(11(2)7-10)19-18-20-17(23)16(26-18)9-12-8-13(21(24)25)4-6-15(12)22/h3-9,22H,1-2H3,(H,19,20,23)/b16-9-. The summed E-state index contributed by atoms with van der Waals surface area (Å²) in [6, 6.07) is 9.46. The van der Waals surface area contributed by atoms with Gasteiger partial charge in [-0.25, -0.2) is 4.99 Å². The van der Waals surface area contributed by atoms with Gasteiger partial charge in [0.2, 0.25) is 0 Å². The third-order valence-corrected chi connectivity index (χ3v) is 4.64. The Hall–Kier alpha value is -3.13. The minimum absolute atomic E-state index is 0.142. The predicted molar refractivity (Wildman–Crippen MR) is 101 cm³/mol. The van der Waals surface area contributed by atoms with Gasteiger partial charge in [-0.15, -0.1) is 0 Å². The highest BCUT2D eigenvalue weighted by Crippen LogP contribution is 2.32. The number of thioether (sulfide) groups is 1. The third kappa shape index (κ3) is 3.75. The lowest BCUT2D eigenvalue weighted by atomic mass is 10.1. The SMILES string of the molecule is Cc1ccc(N=C2NC(=O)/C(=C/c3cc([N+](=O)[O-])ccc3O)S2)c(C)c1. The summed E-state index contributed by atoms with van der Waals surface area (Å²) in [5.74, 6) is -0.513. The molecule has 0 saturated carbocycles. The molecule has 0 aliphatic carbocycles. The van der Waals surface area contributed by atoms with Gasteiger partial charge in [-0.1, -0.05) is 17.7 Å². The second kappa shape index (κ2) is 7.01. The van der Waals surface area contributed by atoms with Crippen molar-refractivity contribution in [1.29, 1.82) is 0 Å². The number of nitro groups is 1. The molecular formula is C18H15N3O4S. The third-order valence-electron chi connectivity index (χ3n) is 3.73. The summed E-state index contributed by atoms with van der Waals surface area (Å²) in [6.45, 7) is 3.92. The van der Waals surface area contributed by atoms with Crippen LogP contribution < -0.4 is 5.32 Å². The van der Waals surface area contributed by atoms with E-state index in [1.165, 1.54) is 24.3 Å². The molecule has 132 valence electrons. The van der Waals surface area contributed by atoms with E-state index < -0.39 is 4.92 Å². The summed E-state index contributed by atoms with van der Waals surface area (Å²) in [5.41, 5.74) is 2.89. The van der Waals surface area contributed by atoms with Crippen LogP contribution >= 0.6 is 11.8 Å². The molecule has 3 rings (SSSR count). The molecule has 0 spiro atoms.